The van der Waals surface area contributed by atoms with E-state index in [2.05, 4.69) is 41.0 Å². The number of rotatable bonds is 7. The number of aromatic amines is 2. The number of benzene rings is 1. The molecule has 152 valence electrons. The van der Waals surface area contributed by atoms with Crippen molar-refractivity contribution in [3.05, 3.63) is 84.7 Å². The molecule has 0 aliphatic heterocycles. The van der Waals surface area contributed by atoms with Gasteiger partial charge in [-0.25, -0.2) is 25.8 Å². The predicted octanol–water partition coefficient (Wildman–Crippen LogP) is 3.34. The van der Waals surface area contributed by atoms with E-state index in [1.165, 1.54) is 0 Å². The van der Waals surface area contributed by atoms with Crippen LogP contribution in [0.4, 0.5) is 11.9 Å². The van der Waals surface area contributed by atoms with E-state index in [1.807, 2.05) is 53.2 Å². The summed E-state index contributed by atoms with van der Waals surface area (Å²) in [6.45, 7) is 0. The van der Waals surface area contributed by atoms with Crippen LogP contribution < -0.4 is 10.9 Å². The molecule has 0 aliphatic carbocycles. The first-order valence-corrected chi connectivity index (χ1v) is 9.50. The highest BCUT2D eigenvalue weighted by molar-refractivity contribution is 5.82. The summed E-state index contributed by atoms with van der Waals surface area (Å²) in [4.78, 5) is 18.7. The van der Waals surface area contributed by atoms with Gasteiger partial charge in [-0.15, -0.1) is 0 Å². The fourth-order valence-corrected chi connectivity index (χ4v) is 2.95. The van der Waals surface area contributed by atoms with Crippen LogP contribution in [0.5, 0.6) is 0 Å². The second-order valence-corrected chi connectivity index (χ2v) is 6.59. The molecule has 0 saturated heterocycles. The van der Waals surface area contributed by atoms with Crippen molar-refractivity contribution in [2.75, 3.05) is 10.9 Å². The minimum Gasteiger partial charge on any atom is -0.330 e. The number of H-pyrrole nitrogens is 2. The van der Waals surface area contributed by atoms with Crippen molar-refractivity contribution in [1.82, 2.24) is 29.3 Å². The van der Waals surface area contributed by atoms with Crippen molar-refractivity contribution in [2.45, 2.75) is 0 Å². The Kier molecular flexibility index (Phi) is 4.92. The van der Waals surface area contributed by atoms with Crippen molar-refractivity contribution in [1.29, 1.82) is 0 Å². The fraction of sp³-hybridized carbons (Fsp3) is 0. The van der Waals surface area contributed by atoms with E-state index in [0.29, 0.717) is 11.9 Å². The molecule has 0 atom stereocenters. The predicted molar refractivity (Wildman–Crippen MR) is 120 cm³/mol. The molecule has 0 spiro atoms. The Bertz CT molecular complexity index is 1310. The van der Waals surface area contributed by atoms with Crippen LogP contribution in [-0.2, 0) is 0 Å². The lowest BCUT2D eigenvalue weighted by atomic mass is 10.1. The maximum atomic E-state index is 4.70. The maximum Gasteiger partial charge on any atom is 0.220 e. The summed E-state index contributed by atoms with van der Waals surface area (Å²) in [5, 5.41) is 8.34. The zero-order valence-electron chi connectivity index (χ0n) is 16.3. The molecular weight excluding hydrogens is 392 g/mol. The highest BCUT2D eigenvalue weighted by Gasteiger charge is 2.05. The molecule has 0 fully saturated rings. The van der Waals surface area contributed by atoms with E-state index in [0.717, 1.165) is 28.0 Å². The molecular formula is C21H18N10. The van der Waals surface area contributed by atoms with Gasteiger partial charge in [-0.2, -0.15) is 10.2 Å². The third kappa shape index (κ3) is 4.32. The Hall–Kier alpha value is -4.73. The van der Waals surface area contributed by atoms with Crippen LogP contribution in [0.3, 0.4) is 0 Å². The van der Waals surface area contributed by atoms with Gasteiger partial charge in [0.15, 0.2) is 0 Å². The SMILES string of the molecule is C(=N\Nc1ncc[nH]1)/c1ccc(-c2cn3cc(/C=N/Nc4ncc[nH]4)ccc3n2)cc1. The van der Waals surface area contributed by atoms with Gasteiger partial charge in [0.1, 0.15) is 5.65 Å². The monoisotopic (exact) mass is 410 g/mol. The molecule has 0 bridgehead atoms. The Morgan fingerprint density at radius 1 is 0.774 bits per heavy atom. The van der Waals surface area contributed by atoms with Gasteiger partial charge in [0, 0.05) is 48.3 Å². The smallest absolute Gasteiger partial charge is 0.220 e. The van der Waals surface area contributed by atoms with Crippen LogP contribution >= 0.6 is 0 Å². The van der Waals surface area contributed by atoms with Crippen LogP contribution in [0.2, 0.25) is 0 Å². The quantitative estimate of drug-likeness (QED) is 0.242. The second kappa shape index (κ2) is 8.33. The molecule has 10 heteroatoms. The molecule has 0 saturated carbocycles. The fourth-order valence-electron chi connectivity index (χ4n) is 2.95. The zero-order chi connectivity index (χ0) is 20.9. The Morgan fingerprint density at radius 2 is 1.42 bits per heavy atom. The molecule has 10 nitrogen and oxygen atoms in total. The normalized spacial score (nSPS) is 11.6. The maximum absolute atomic E-state index is 4.70. The number of anilines is 2. The summed E-state index contributed by atoms with van der Waals surface area (Å²) in [6, 6.07) is 11.9. The third-order valence-electron chi connectivity index (χ3n) is 4.44. The van der Waals surface area contributed by atoms with Gasteiger partial charge in [-0.05, 0) is 17.7 Å². The summed E-state index contributed by atoms with van der Waals surface area (Å²) < 4.78 is 1.98. The second-order valence-electron chi connectivity index (χ2n) is 6.59. The average Bonchev–Trinajstić information content (AvgIpc) is 3.56. The average molecular weight is 410 g/mol. The molecule has 0 radical (unpaired) electrons. The number of pyridine rings is 1. The largest absolute Gasteiger partial charge is 0.330 e. The van der Waals surface area contributed by atoms with Crippen LogP contribution in [0.1, 0.15) is 11.1 Å². The Balaban J connectivity index is 1.28. The van der Waals surface area contributed by atoms with Gasteiger partial charge in [0.2, 0.25) is 11.9 Å². The summed E-state index contributed by atoms with van der Waals surface area (Å²) in [7, 11) is 0. The number of aromatic nitrogens is 6. The minimum atomic E-state index is 0.590. The van der Waals surface area contributed by atoms with E-state index in [4.69, 9.17) is 4.98 Å². The Labute approximate surface area is 176 Å². The highest BCUT2D eigenvalue weighted by atomic mass is 15.4. The van der Waals surface area contributed by atoms with Gasteiger partial charge >= 0.3 is 0 Å². The van der Waals surface area contributed by atoms with Crippen molar-refractivity contribution < 1.29 is 0 Å². The molecule has 5 aromatic rings. The van der Waals surface area contributed by atoms with Gasteiger partial charge in [-0.3, -0.25) is 0 Å². The highest BCUT2D eigenvalue weighted by Crippen LogP contribution is 2.20. The number of imidazole rings is 3. The van der Waals surface area contributed by atoms with Gasteiger partial charge < -0.3 is 14.4 Å². The first kappa shape index (κ1) is 18.3. The standard InChI is InChI=1S/C21H18N10/c1-4-17(5-2-15(1)11-26-29-20-22-7-8-23-20)18-14-31-13-16(3-6-19(31)28-18)12-27-30-21-24-9-10-25-21/h1-14H,(H2,22,23,29)(H2,24,25,30)/b26-11+,27-12+. The van der Waals surface area contributed by atoms with Crippen LogP contribution in [0, 0.1) is 0 Å². The minimum absolute atomic E-state index is 0.590. The van der Waals surface area contributed by atoms with Crippen LogP contribution in [-0.4, -0.2) is 41.7 Å². The zero-order valence-corrected chi connectivity index (χ0v) is 16.3. The number of hydrogen-bond donors (Lipinski definition) is 4. The molecule has 4 aromatic heterocycles. The van der Waals surface area contributed by atoms with Crippen molar-refractivity contribution >= 4 is 30.0 Å². The summed E-state index contributed by atoms with van der Waals surface area (Å²) in [5.41, 5.74) is 10.3. The van der Waals surface area contributed by atoms with Gasteiger partial charge in [0.05, 0.1) is 18.1 Å². The van der Waals surface area contributed by atoms with Crippen molar-refractivity contribution in [3.8, 4) is 11.3 Å². The number of hydrogen-bond acceptors (Lipinski definition) is 7. The van der Waals surface area contributed by atoms with Gasteiger partial charge in [0.25, 0.3) is 0 Å². The van der Waals surface area contributed by atoms with E-state index in [1.54, 1.807) is 37.2 Å². The number of hydrazone groups is 2. The molecule has 4 heterocycles. The first-order chi connectivity index (χ1) is 15.3. The van der Waals surface area contributed by atoms with Crippen LogP contribution in [0.25, 0.3) is 16.9 Å². The lowest BCUT2D eigenvalue weighted by Gasteiger charge is -1.98. The van der Waals surface area contributed by atoms with Crippen molar-refractivity contribution in [2.24, 2.45) is 10.2 Å². The van der Waals surface area contributed by atoms with E-state index in [-0.39, 0.29) is 0 Å². The summed E-state index contributed by atoms with van der Waals surface area (Å²) >= 11 is 0. The molecule has 0 amide bonds. The Morgan fingerprint density at radius 3 is 2.06 bits per heavy atom. The summed E-state index contributed by atoms with van der Waals surface area (Å²) in [6.07, 6.45) is 14.2. The number of nitrogens with zero attached hydrogens (tertiary/aromatic N) is 6. The van der Waals surface area contributed by atoms with E-state index < -0.39 is 0 Å². The van der Waals surface area contributed by atoms with Crippen molar-refractivity contribution in [3.63, 3.8) is 0 Å². The molecule has 5 rings (SSSR count). The lowest BCUT2D eigenvalue weighted by molar-refractivity contribution is 1.17. The number of nitrogens with one attached hydrogen (secondary N) is 4. The lowest BCUT2D eigenvalue weighted by Crippen LogP contribution is -1.93. The molecule has 0 unspecified atom stereocenters. The molecule has 4 N–H and O–H groups in total. The van der Waals surface area contributed by atoms with Crippen LogP contribution in [0.15, 0.2) is 83.8 Å². The number of fused-ring (bicyclic) bond motifs is 1. The van der Waals surface area contributed by atoms with Gasteiger partial charge in [-0.1, -0.05) is 24.3 Å². The van der Waals surface area contributed by atoms with E-state index in [9.17, 15) is 0 Å². The summed E-state index contributed by atoms with van der Waals surface area (Å²) in [5.74, 6) is 1.19. The topological polar surface area (TPSA) is 123 Å². The molecule has 31 heavy (non-hydrogen) atoms. The first-order valence-electron chi connectivity index (χ1n) is 9.50. The molecule has 0 aliphatic rings. The molecule has 1 aromatic carbocycles. The third-order valence-corrected chi connectivity index (χ3v) is 4.44. The van der Waals surface area contributed by atoms with E-state index >= 15 is 0 Å².